The van der Waals surface area contributed by atoms with E-state index >= 15 is 0 Å². The maximum Gasteiger partial charge on any atom is 0.183 e. The molecule has 0 amide bonds. The van der Waals surface area contributed by atoms with Crippen molar-refractivity contribution in [1.29, 1.82) is 10.5 Å². The number of hydrogen-bond acceptors (Lipinski definition) is 3. The summed E-state index contributed by atoms with van der Waals surface area (Å²) in [4.78, 5) is 0. The van der Waals surface area contributed by atoms with Crippen molar-refractivity contribution in [2.45, 2.75) is 0 Å². The van der Waals surface area contributed by atoms with Gasteiger partial charge in [0.2, 0.25) is 0 Å². The van der Waals surface area contributed by atoms with Gasteiger partial charge in [-0.2, -0.15) is 10.5 Å². The number of halogens is 3. The summed E-state index contributed by atoms with van der Waals surface area (Å²) >= 11 is 0. The Hall–Kier alpha value is -2.99. The van der Waals surface area contributed by atoms with Gasteiger partial charge in [-0.3, -0.25) is 0 Å². The highest BCUT2D eigenvalue weighted by Crippen LogP contribution is 2.26. The first kappa shape index (κ1) is 13.4. The summed E-state index contributed by atoms with van der Waals surface area (Å²) in [7, 11) is 0. The number of rotatable bonds is 2. The van der Waals surface area contributed by atoms with Crippen molar-refractivity contribution in [3.8, 4) is 12.1 Å². The van der Waals surface area contributed by atoms with Crippen molar-refractivity contribution in [2.24, 2.45) is 0 Å². The molecule has 0 aliphatic carbocycles. The van der Waals surface area contributed by atoms with Gasteiger partial charge in [0.25, 0.3) is 0 Å². The number of nitrogens with one attached hydrogen (secondary N) is 1. The lowest BCUT2D eigenvalue weighted by molar-refractivity contribution is 0.509. The van der Waals surface area contributed by atoms with E-state index in [1.165, 1.54) is 18.2 Å². The van der Waals surface area contributed by atoms with Gasteiger partial charge < -0.3 is 5.32 Å². The third-order valence-corrected chi connectivity index (χ3v) is 2.57. The minimum atomic E-state index is -1.28. The summed E-state index contributed by atoms with van der Waals surface area (Å²) in [5.41, 5.74) is -0.580. The van der Waals surface area contributed by atoms with Crippen LogP contribution in [0.4, 0.5) is 24.5 Å². The molecule has 0 aromatic heterocycles. The molecular formula is C14H6F3N3. The maximum atomic E-state index is 13.7. The molecule has 20 heavy (non-hydrogen) atoms. The zero-order valence-electron chi connectivity index (χ0n) is 9.92. The van der Waals surface area contributed by atoms with Crippen molar-refractivity contribution in [3.05, 3.63) is 58.9 Å². The van der Waals surface area contributed by atoms with Crippen molar-refractivity contribution in [2.75, 3.05) is 5.32 Å². The van der Waals surface area contributed by atoms with Crippen LogP contribution in [-0.4, -0.2) is 0 Å². The Balaban J connectivity index is 2.44. The zero-order chi connectivity index (χ0) is 14.7. The van der Waals surface area contributed by atoms with E-state index in [2.05, 4.69) is 5.32 Å². The average Bonchev–Trinajstić information content (AvgIpc) is 2.45. The monoisotopic (exact) mass is 273 g/mol. The number of hydrogen-bond donors (Lipinski definition) is 1. The fourth-order valence-electron chi connectivity index (χ4n) is 1.60. The lowest BCUT2D eigenvalue weighted by atomic mass is 10.1. The Morgan fingerprint density at radius 1 is 0.800 bits per heavy atom. The van der Waals surface area contributed by atoms with E-state index in [9.17, 15) is 13.2 Å². The summed E-state index contributed by atoms with van der Waals surface area (Å²) < 4.78 is 40.1. The molecule has 0 saturated carbocycles. The Morgan fingerprint density at radius 3 is 2.10 bits per heavy atom. The lowest BCUT2D eigenvalue weighted by Gasteiger charge is -2.10. The molecule has 0 fully saturated rings. The van der Waals surface area contributed by atoms with E-state index in [0.717, 1.165) is 18.2 Å². The molecule has 0 saturated heterocycles. The molecule has 98 valence electrons. The minimum Gasteiger partial charge on any atom is -0.352 e. The molecule has 2 rings (SSSR count). The smallest absolute Gasteiger partial charge is 0.183 e. The van der Waals surface area contributed by atoms with Crippen molar-refractivity contribution >= 4 is 11.4 Å². The standard InChI is InChI=1S/C14H6F3N3/c15-10-2-4-11(9(5-10)7-19)20-12-3-1-8(6-18)13(16)14(12)17/h1-5,20H. The normalized spacial score (nSPS) is 9.65. The summed E-state index contributed by atoms with van der Waals surface area (Å²) in [6.07, 6.45) is 0. The van der Waals surface area contributed by atoms with Crippen LogP contribution in [0.15, 0.2) is 30.3 Å². The number of nitrogens with zero attached hydrogens (tertiary/aromatic N) is 2. The van der Waals surface area contributed by atoms with E-state index in [-0.39, 0.29) is 16.9 Å². The molecule has 6 heteroatoms. The highest BCUT2D eigenvalue weighted by atomic mass is 19.2. The molecule has 0 bridgehead atoms. The average molecular weight is 273 g/mol. The van der Waals surface area contributed by atoms with Crippen molar-refractivity contribution < 1.29 is 13.2 Å². The molecular weight excluding hydrogens is 267 g/mol. The number of anilines is 2. The van der Waals surface area contributed by atoms with Crippen LogP contribution in [0.25, 0.3) is 0 Å². The molecule has 0 aliphatic rings. The van der Waals surface area contributed by atoms with Gasteiger partial charge in [-0.15, -0.1) is 0 Å². The van der Waals surface area contributed by atoms with Crippen LogP contribution in [0.2, 0.25) is 0 Å². The molecule has 3 nitrogen and oxygen atoms in total. The summed E-state index contributed by atoms with van der Waals surface area (Å²) in [6, 6.07) is 8.83. The molecule has 2 aromatic rings. The van der Waals surface area contributed by atoms with Crippen LogP contribution in [0, 0.1) is 40.1 Å². The summed E-state index contributed by atoms with van der Waals surface area (Å²) in [5.74, 6) is -3.13. The van der Waals surface area contributed by atoms with Crippen LogP contribution in [0.5, 0.6) is 0 Å². The summed E-state index contributed by atoms with van der Waals surface area (Å²) in [5, 5.41) is 19.9. The lowest BCUT2D eigenvalue weighted by Crippen LogP contribution is -2.00. The Bertz CT molecular complexity index is 757. The van der Waals surface area contributed by atoms with Gasteiger partial charge >= 0.3 is 0 Å². The van der Waals surface area contributed by atoms with Crippen LogP contribution in [0.3, 0.4) is 0 Å². The molecule has 0 heterocycles. The predicted octanol–water partition coefficient (Wildman–Crippen LogP) is 3.59. The number of nitriles is 2. The van der Waals surface area contributed by atoms with Gasteiger partial charge in [0, 0.05) is 0 Å². The Kier molecular flexibility index (Phi) is 3.58. The van der Waals surface area contributed by atoms with Gasteiger partial charge in [-0.05, 0) is 30.3 Å². The van der Waals surface area contributed by atoms with Gasteiger partial charge in [-0.1, -0.05) is 0 Å². The van der Waals surface area contributed by atoms with Gasteiger partial charge in [0.1, 0.15) is 18.0 Å². The second kappa shape index (κ2) is 5.33. The fraction of sp³-hybridized carbons (Fsp3) is 0. The first-order chi connectivity index (χ1) is 9.56. The van der Waals surface area contributed by atoms with Crippen LogP contribution in [-0.2, 0) is 0 Å². The predicted molar refractivity (Wildman–Crippen MR) is 65.5 cm³/mol. The van der Waals surface area contributed by atoms with Crippen LogP contribution in [0.1, 0.15) is 11.1 Å². The second-order valence-corrected chi connectivity index (χ2v) is 3.83. The molecule has 0 spiro atoms. The largest absolute Gasteiger partial charge is 0.352 e. The van der Waals surface area contributed by atoms with Gasteiger partial charge in [0.15, 0.2) is 11.6 Å². The third kappa shape index (κ3) is 2.40. The van der Waals surface area contributed by atoms with Crippen molar-refractivity contribution in [1.82, 2.24) is 0 Å². The highest BCUT2D eigenvalue weighted by Gasteiger charge is 2.14. The van der Waals surface area contributed by atoms with E-state index in [1.54, 1.807) is 6.07 Å². The number of benzene rings is 2. The quantitative estimate of drug-likeness (QED) is 0.909. The van der Waals surface area contributed by atoms with Crippen molar-refractivity contribution in [3.63, 3.8) is 0 Å². The second-order valence-electron chi connectivity index (χ2n) is 3.83. The first-order valence-electron chi connectivity index (χ1n) is 5.41. The highest BCUT2D eigenvalue weighted by molar-refractivity contribution is 5.67. The van der Waals surface area contributed by atoms with Gasteiger partial charge in [-0.25, -0.2) is 13.2 Å². The topological polar surface area (TPSA) is 59.6 Å². The van der Waals surface area contributed by atoms with Crippen LogP contribution < -0.4 is 5.32 Å². The van der Waals surface area contributed by atoms with Gasteiger partial charge in [0.05, 0.1) is 22.5 Å². The Labute approximate surface area is 112 Å². The fourth-order valence-corrected chi connectivity index (χ4v) is 1.60. The van der Waals surface area contributed by atoms with E-state index in [1.807, 2.05) is 0 Å². The third-order valence-electron chi connectivity index (χ3n) is 2.57. The van der Waals surface area contributed by atoms with Crippen LogP contribution >= 0.6 is 0 Å². The SMILES string of the molecule is N#Cc1cc(F)ccc1Nc1ccc(C#N)c(F)c1F. The van der Waals surface area contributed by atoms with E-state index in [4.69, 9.17) is 10.5 Å². The zero-order valence-corrected chi connectivity index (χ0v) is 9.92. The molecule has 2 aromatic carbocycles. The van der Waals surface area contributed by atoms with E-state index < -0.39 is 23.0 Å². The molecule has 0 radical (unpaired) electrons. The maximum absolute atomic E-state index is 13.7. The first-order valence-corrected chi connectivity index (χ1v) is 5.41. The molecule has 0 unspecified atom stereocenters. The minimum absolute atomic E-state index is 0.0471. The van der Waals surface area contributed by atoms with E-state index in [0.29, 0.717) is 0 Å². The molecule has 0 atom stereocenters. The molecule has 0 aliphatic heterocycles. The summed E-state index contributed by atoms with van der Waals surface area (Å²) in [6.45, 7) is 0. The molecule has 1 N–H and O–H groups in total. The Morgan fingerprint density at radius 2 is 1.45 bits per heavy atom.